The SMILES string of the molecule is Cn1c(CCNC(=O)[C@@]2(c3ccccc3Cl)C[C@@H]3CCC(=O)N3C2)nc2ccccc21. The minimum absolute atomic E-state index is 0.0680. The number of aryl methyl sites for hydroxylation is 1. The van der Waals surface area contributed by atoms with Crippen molar-refractivity contribution in [1.82, 2.24) is 19.8 Å². The van der Waals surface area contributed by atoms with Gasteiger partial charge in [-0.25, -0.2) is 4.98 Å². The van der Waals surface area contributed by atoms with Crippen molar-refractivity contribution < 1.29 is 9.59 Å². The van der Waals surface area contributed by atoms with Gasteiger partial charge < -0.3 is 14.8 Å². The van der Waals surface area contributed by atoms with Gasteiger partial charge in [0.25, 0.3) is 0 Å². The molecule has 2 saturated heterocycles. The lowest BCUT2D eigenvalue weighted by atomic mass is 9.76. The van der Waals surface area contributed by atoms with E-state index in [-0.39, 0.29) is 17.9 Å². The molecule has 2 fully saturated rings. The first-order chi connectivity index (χ1) is 15.0. The molecule has 0 unspecified atom stereocenters. The minimum Gasteiger partial charge on any atom is -0.355 e. The van der Waals surface area contributed by atoms with Gasteiger partial charge >= 0.3 is 0 Å². The minimum atomic E-state index is -0.814. The maximum Gasteiger partial charge on any atom is 0.232 e. The highest BCUT2D eigenvalue weighted by atomic mass is 35.5. The van der Waals surface area contributed by atoms with Crippen LogP contribution >= 0.6 is 11.6 Å². The largest absolute Gasteiger partial charge is 0.355 e. The van der Waals surface area contributed by atoms with E-state index in [1.165, 1.54) is 0 Å². The van der Waals surface area contributed by atoms with Gasteiger partial charge in [-0.1, -0.05) is 41.9 Å². The van der Waals surface area contributed by atoms with Crippen LogP contribution < -0.4 is 5.32 Å². The second-order valence-corrected chi connectivity index (χ2v) is 8.97. The number of carbonyl (C=O) groups is 2. The van der Waals surface area contributed by atoms with Crippen molar-refractivity contribution >= 4 is 34.4 Å². The van der Waals surface area contributed by atoms with E-state index in [4.69, 9.17) is 16.6 Å². The number of halogens is 1. The van der Waals surface area contributed by atoms with Crippen LogP contribution in [0.5, 0.6) is 0 Å². The highest BCUT2D eigenvalue weighted by Gasteiger charge is 2.54. The molecule has 1 N–H and O–H groups in total. The van der Waals surface area contributed by atoms with Crippen molar-refractivity contribution in [2.75, 3.05) is 13.1 Å². The number of amides is 2. The van der Waals surface area contributed by atoms with Crippen LogP contribution in [0.4, 0.5) is 0 Å². The molecule has 0 radical (unpaired) electrons. The molecule has 3 aromatic rings. The lowest BCUT2D eigenvalue weighted by molar-refractivity contribution is -0.129. The smallest absolute Gasteiger partial charge is 0.232 e. The summed E-state index contributed by atoms with van der Waals surface area (Å²) in [7, 11) is 1.99. The molecule has 0 aliphatic carbocycles. The van der Waals surface area contributed by atoms with Gasteiger partial charge in [-0.15, -0.1) is 0 Å². The van der Waals surface area contributed by atoms with Crippen LogP contribution in [0, 0.1) is 0 Å². The molecule has 2 aliphatic heterocycles. The summed E-state index contributed by atoms with van der Waals surface area (Å²) >= 11 is 6.53. The highest BCUT2D eigenvalue weighted by molar-refractivity contribution is 6.31. The summed E-state index contributed by atoms with van der Waals surface area (Å²) in [6, 6.07) is 15.6. The fraction of sp³-hybridized carbons (Fsp3) is 0.375. The van der Waals surface area contributed by atoms with Gasteiger partial charge in [0.2, 0.25) is 11.8 Å². The number of nitrogens with one attached hydrogen (secondary N) is 1. The van der Waals surface area contributed by atoms with Crippen molar-refractivity contribution in [3.63, 3.8) is 0 Å². The van der Waals surface area contributed by atoms with Crippen molar-refractivity contribution in [2.24, 2.45) is 7.05 Å². The Balaban J connectivity index is 1.37. The summed E-state index contributed by atoms with van der Waals surface area (Å²) < 4.78 is 2.07. The molecule has 2 aromatic carbocycles. The van der Waals surface area contributed by atoms with Crippen LogP contribution in [0.15, 0.2) is 48.5 Å². The molecule has 2 amide bonds. The fourth-order valence-electron chi connectivity index (χ4n) is 5.19. The molecule has 0 bridgehead atoms. The number of aromatic nitrogens is 2. The quantitative estimate of drug-likeness (QED) is 0.667. The summed E-state index contributed by atoms with van der Waals surface area (Å²) in [4.78, 5) is 32.5. The van der Waals surface area contributed by atoms with Gasteiger partial charge in [-0.2, -0.15) is 0 Å². The molecule has 1 aromatic heterocycles. The fourth-order valence-corrected chi connectivity index (χ4v) is 5.50. The summed E-state index contributed by atoms with van der Waals surface area (Å²) in [5.41, 5.74) is 2.02. The van der Waals surface area contributed by atoms with Crippen molar-refractivity contribution in [3.8, 4) is 0 Å². The van der Waals surface area contributed by atoms with Gasteiger partial charge in [0, 0.05) is 44.0 Å². The first-order valence-corrected chi connectivity index (χ1v) is 11.1. The lowest BCUT2D eigenvalue weighted by Gasteiger charge is -2.29. The second-order valence-electron chi connectivity index (χ2n) is 8.56. The third kappa shape index (κ3) is 3.30. The lowest BCUT2D eigenvalue weighted by Crippen LogP contribution is -2.47. The number of carbonyl (C=O) groups excluding carboxylic acids is 2. The molecule has 160 valence electrons. The van der Waals surface area contributed by atoms with E-state index in [1.807, 2.05) is 60.5 Å². The Labute approximate surface area is 186 Å². The van der Waals surface area contributed by atoms with Crippen LogP contribution in [-0.2, 0) is 28.5 Å². The first kappa shape index (κ1) is 20.1. The Morgan fingerprint density at radius 2 is 2.00 bits per heavy atom. The molecule has 2 aliphatic rings. The number of benzene rings is 2. The maximum absolute atomic E-state index is 13.6. The van der Waals surface area contributed by atoms with E-state index in [9.17, 15) is 9.59 Å². The number of fused-ring (bicyclic) bond motifs is 2. The van der Waals surface area contributed by atoms with Crippen molar-refractivity contribution in [3.05, 3.63) is 64.9 Å². The van der Waals surface area contributed by atoms with Crippen molar-refractivity contribution in [2.45, 2.75) is 37.1 Å². The highest BCUT2D eigenvalue weighted by Crippen LogP contribution is 2.45. The number of para-hydroxylation sites is 2. The zero-order chi connectivity index (χ0) is 21.6. The Hall–Kier alpha value is -2.86. The monoisotopic (exact) mass is 436 g/mol. The summed E-state index contributed by atoms with van der Waals surface area (Å²) in [5.74, 6) is 0.989. The zero-order valence-corrected chi connectivity index (χ0v) is 18.2. The molecule has 6 nitrogen and oxygen atoms in total. The van der Waals surface area contributed by atoms with Crippen molar-refractivity contribution in [1.29, 1.82) is 0 Å². The Bertz CT molecular complexity index is 1170. The third-order valence-corrected chi connectivity index (χ3v) is 7.14. The number of hydrogen-bond donors (Lipinski definition) is 1. The normalized spacial score (nSPS) is 22.8. The third-order valence-electron chi connectivity index (χ3n) is 6.81. The van der Waals surface area contributed by atoms with Gasteiger partial charge in [0.05, 0.1) is 16.4 Å². The molecular formula is C24H25ClN4O2. The molecular weight excluding hydrogens is 412 g/mol. The average Bonchev–Trinajstić information content (AvgIpc) is 3.42. The van der Waals surface area contributed by atoms with E-state index in [0.717, 1.165) is 28.8 Å². The van der Waals surface area contributed by atoms with Gasteiger partial charge in [0.15, 0.2) is 0 Å². The van der Waals surface area contributed by atoms with Crippen LogP contribution in [-0.4, -0.2) is 45.4 Å². The van der Waals surface area contributed by atoms with Crippen LogP contribution in [0.2, 0.25) is 5.02 Å². The Morgan fingerprint density at radius 3 is 2.77 bits per heavy atom. The number of imidazole rings is 1. The average molecular weight is 437 g/mol. The van der Waals surface area contributed by atoms with E-state index in [1.54, 1.807) is 0 Å². The zero-order valence-electron chi connectivity index (χ0n) is 17.5. The predicted molar refractivity (Wildman–Crippen MR) is 120 cm³/mol. The first-order valence-electron chi connectivity index (χ1n) is 10.7. The van der Waals surface area contributed by atoms with Crippen LogP contribution in [0.3, 0.4) is 0 Å². The molecule has 0 spiro atoms. The van der Waals surface area contributed by atoms with E-state index >= 15 is 0 Å². The topological polar surface area (TPSA) is 67.2 Å². The molecule has 3 heterocycles. The second kappa shape index (κ2) is 7.68. The summed E-state index contributed by atoms with van der Waals surface area (Å²) in [6.45, 7) is 0.860. The van der Waals surface area contributed by atoms with Gasteiger partial charge in [-0.3, -0.25) is 9.59 Å². The standard InChI is InChI=1S/C24H25ClN4O2/c1-28-20-9-5-4-8-19(20)27-21(28)12-13-26-23(31)24(17-6-2-3-7-18(17)25)14-16-10-11-22(30)29(16)15-24/h2-9,16H,10-15H2,1H3,(H,26,31)/t16-,24-/m0/s1. The molecule has 5 rings (SSSR count). The van der Waals surface area contributed by atoms with Gasteiger partial charge in [0.1, 0.15) is 5.82 Å². The van der Waals surface area contributed by atoms with Gasteiger partial charge in [-0.05, 0) is 36.6 Å². The number of nitrogens with zero attached hydrogens (tertiary/aromatic N) is 3. The van der Waals surface area contributed by atoms with Crippen LogP contribution in [0.1, 0.15) is 30.7 Å². The van der Waals surface area contributed by atoms with E-state index in [0.29, 0.717) is 37.4 Å². The summed E-state index contributed by atoms with van der Waals surface area (Å²) in [6.07, 6.45) is 2.61. The van der Waals surface area contributed by atoms with E-state index in [2.05, 4.69) is 9.88 Å². The molecule has 2 atom stereocenters. The Morgan fingerprint density at radius 1 is 1.23 bits per heavy atom. The summed E-state index contributed by atoms with van der Waals surface area (Å²) in [5, 5.41) is 3.70. The predicted octanol–water partition coefficient (Wildman–Crippen LogP) is 3.22. The van der Waals surface area contributed by atoms with Crippen LogP contribution in [0.25, 0.3) is 11.0 Å². The number of rotatable bonds is 5. The maximum atomic E-state index is 13.6. The molecule has 7 heteroatoms. The molecule has 31 heavy (non-hydrogen) atoms. The van der Waals surface area contributed by atoms with E-state index < -0.39 is 5.41 Å². The Kier molecular flexibility index (Phi) is 4.97. The molecule has 0 saturated carbocycles. The number of hydrogen-bond acceptors (Lipinski definition) is 3.